The van der Waals surface area contributed by atoms with Crippen LogP contribution < -0.4 is 4.90 Å². The molecule has 0 N–H and O–H groups in total. The molecule has 0 bridgehead atoms. The summed E-state index contributed by atoms with van der Waals surface area (Å²) in [6, 6.07) is 14.4. The quantitative estimate of drug-likeness (QED) is 0.852. The van der Waals surface area contributed by atoms with Gasteiger partial charge in [-0.05, 0) is 45.8 Å². The predicted molar refractivity (Wildman–Crippen MR) is 77.4 cm³/mol. The van der Waals surface area contributed by atoms with E-state index in [-0.39, 0.29) is 5.82 Å². The minimum Gasteiger partial charge on any atom is -0.370 e. The predicted octanol–water partition coefficient (Wildman–Crippen LogP) is 4.10. The number of anilines is 1. The SMILES string of the molecule is CN(Cc1cccc(F)c1Br)c1cccc(C#N)c1. The van der Waals surface area contributed by atoms with Gasteiger partial charge >= 0.3 is 0 Å². The van der Waals surface area contributed by atoms with Crippen molar-refractivity contribution in [3.63, 3.8) is 0 Å². The third kappa shape index (κ3) is 3.12. The molecular weight excluding hydrogens is 307 g/mol. The molecule has 19 heavy (non-hydrogen) atoms. The van der Waals surface area contributed by atoms with Crippen LogP contribution in [0.5, 0.6) is 0 Å². The molecule has 0 spiro atoms. The first-order chi connectivity index (χ1) is 9.11. The van der Waals surface area contributed by atoms with E-state index in [2.05, 4.69) is 22.0 Å². The monoisotopic (exact) mass is 318 g/mol. The van der Waals surface area contributed by atoms with Crippen LogP contribution in [0.4, 0.5) is 10.1 Å². The maximum atomic E-state index is 13.4. The topological polar surface area (TPSA) is 27.0 Å². The standard InChI is InChI=1S/C15H12BrFN2/c1-19(13-6-2-4-11(8-13)9-18)10-12-5-3-7-14(17)15(12)16/h2-8H,10H2,1H3. The van der Waals surface area contributed by atoms with Crippen molar-refractivity contribution in [1.29, 1.82) is 5.26 Å². The zero-order valence-electron chi connectivity index (χ0n) is 10.4. The summed E-state index contributed by atoms with van der Waals surface area (Å²) in [4.78, 5) is 1.97. The lowest BCUT2D eigenvalue weighted by Crippen LogP contribution is -2.16. The third-order valence-corrected chi connectivity index (χ3v) is 3.74. The fourth-order valence-electron chi connectivity index (χ4n) is 1.83. The highest BCUT2D eigenvalue weighted by Crippen LogP contribution is 2.24. The van der Waals surface area contributed by atoms with Crippen molar-refractivity contribution < 1.29 is 4.39 Å². The van der Waals surface area contributed by atoms with Gasteiger partial charge in [0, 0.05) is 19.3 Å². The Kier molecular flexibility index (Phi) is 4.18. The van der Waals surface area contributed by atoms with Gasteiger partial charge in [0.25, 0.3) is 0 Å². The molecule has 2 rings (SSSR count). The second-order valence-corrected chi connectivity index (χ2v) is 5.02. The summed E-state index contributed by atoms with van der Waals surface area (Å²) >= 11 is 3.26. The Balaban J connectivity index is 2.23. The Labute approximate surface area is 120 Å². The molecule has 0 unspecified atom stereocenters. The summed E-state index contributed by atoms with van der Waals surface area (Å²) in [6.45, 7) is 0.563. The number of hydrogen-bond acceptors (Lipinski definition) is 2. The second kappa shape index (κ2) is 5.85. The van der Waals surface area contributed by atoms with E-state index in [0.29, 0.717) is 16.6 Å². The van der Waals surface area contributed by atoms with Crippen LogP contribution in [0.1, 0.15) is 11.1 Å². The summed E-state index contributed by atoms with van der Waals surface area (Å²) < 4.78 is 13.9. The number of nitrogens with zero attached hydrogens (tertiary/aromatic N) is 2. The maximum absolute atomic E-state index is 13.4. The second-order valence-electron chi connectivity index (χ2n) is 4.23. The minimum atomic E-state index is -0.267. The van der Waals surface area contributed by atoms with Gasteiger partial charge in [0.2, 0.25) is 0 Å². The Morgan fingerprint density at radius 1 is 1.26 bits per heavy atom. The average molecular weight is 319 g/mol. The molecule has 0 saturated carbocycles. The van der Waals surface area contributed by atoms with E-state index in [1.54, 1.807) is 12.1 Å². The van der Waals surface area contributed by atoms with Gasteiger partial charge < -0.3 is 4.90 Å². The number of rotatable bonds is 3. The van der Waals surface area contributed by atoms with Gasteiger partial charge in [0.15, 0.2) is 0 Å². The zero-order valence-corrected chi connectivity index (χ0v) is 12.0. The Morgan fingerprint density at radius 2 is 2.00 bits per heavy atom. The molecule has 2 aromatic rings. The number of nitriles is 1. The first-order valence-electron chi connectivity index (χ1n) is 5.76. The van der Waals surface area contributed by atoms with Gasteiger partial charge in [-0.3, -0.25) is 0 Å². The Bertz CT molecular complexity index is 634. The van der Waals surface area contributed by atoms with Gasteiger partial charge in [-0.25, -0.2) is 4.39 Å². The summed E-state index contributed by atoms with van der Waals surface area (Å²) in [6.07, 6.45) is 0. The van der Waals surface area contributed by atoms with Gasteiger partial charge in [-0.1, -0.05) is 18.2 Å². The fourth-order valence-corrected chi connectivity index (χ4v) is 2.22. The highest BCUT2D eigenvalue weighted by Gasteiger charge is 2.08. The van der Waals surface area contributed by atoms with Crippen LogP contribution >= 0.6 is 15.9 Å². The van der Waals surface area contributed by atoms with Crippen LogP contribution in [-0.4, -0.2) is 7.05 Å². The molecule has 0 radical (unpaired) electrons. The van der Waals surface area contributed by atoms with Crippen LogP contribution in [0, 0.1) is 17.1 Å². The lowest BCUT2D eigenvalue weighted by atomic mass is 10.1. The molecule has 0 aliphatic carbocycles. The van der Waals surface area contributed by atoms with E-state index in [9.17, 15) is 4.39 Å². The van der Waals surface area contributed by atoms with Gasteiger partial charge in [-0.15, -0.1) is 0 Å². The zero-order chi connectivity index (χ0) is 13.8. The molecule has 0 saturated heterocycles. The van der Waals surface area contributed by atoms with Crippen LogP contribution in [0.3, 0.4) is 0 Å². The molecule has 2 aromatic carbocycles. The van der Waals surface area contributed by atoms with Crippen molar-refractivity contribution in [3.8, 4) is 6.07 Å². The molecule has 96 valence electrons. The number of benzene rings is 2. The molecule has 4 heteroatoms. The van der Waals surface area contributed by atoms with Crippen LogP contribution in [0.2, 0.25) is 0 Å². The van der Waals surface area contributed by atoms with Gasteiger partial charge in [0.05, 0.1) is 16.1 Å². The fraction of sp³-hybridized carbons (Fsp3) is 0.133. The minimum absolute atomic E-state index is 0.267. The van der Waals surface area contributed by atoms with E-state index >= 15 is 0 Å². The van der Waals surface area contributed by atoms with E-state index in [4.69, 9.17) is 5.26 Å². The number of hydrogen-bond donors (Lipinski definition) is 0. The molecule has 0 aromatic heterocycles. The average Bonchev–Trinajstić information content (AvgIpc) is 2.44. The van der Waals surface area contributed by atoms with Crippen LogP contribution in [0.15, 0.2) is 46.9 Å². The van der Waals surface area contributed by atoms with Crippen molar-refractivity contribution in [2.45, 2.75) is 6.54 Å². The first-order valence-corrected chi connectivity index (χ1v) is 6.55. The Morgan fingerprint density at radius 3 is 2.74 bits per heavy atom. The molecule has 0 aliphatic rings. The highest BCUT2D eigenvalue weighted by atomic mass is 79.9. The largest absolute Gasteiger partial charge is 0.370 e. The van der Waals surface area contributed by atoms with Gasteiger partial charge in [-0.2, -0.15) is 5.26 Å². The third-order valence-electron chi connectivity index (χ3n) is 2.86. The number of halogens is 2. The van der Waals surface area contributed by atoms with Crippen molar-refractivity contribution in [1.82, 2.24) is 0 Å². The smallest absolute Gasteiger partial charge is 0.137 e. The van der Waals surface area contributed by atoms with E-state index < -0.39 is 0 Å². The molecule has 0 amide bonds. The molecule has 0 heterocycles. The van der Waals surface area contributed by atoms with Crippen molar-refractivity contribution in [2.75, 3.05) is 11.9 Å². The van der Waals surface area contributed by atoms with Crippen molar-refractivity contribution in [3.05, 3.63) is 63.9 Å². The van der Waals surface area contributed by atoms with Crippen LogP contribution in [0.25, 0.3) is 0 Å². The van der Waals surface area contributed by atoms with Crippen LogP contribution in [-0.2, 0) is 6.54 Å². The van der Waals surface area contributed by atoms with Crippen molar-refractivity contribution in [2.24, 2.45) is 0 Å². The summed E-state index contributed by atoms with van der Waals surface area (Å²) in [5.74, 6) is -0.267. The molecule has 2 nitrogen and oxygen atoms in total. The highest BCUT2D eigenvalue weighted by molar-refractivity contribution is 9.10. The van der Waals surface area contributed by atoms with Crippen molar-refractivity contribution >= 4 is 21.6 Å². The molecular formula is C15H12BrFN2. The summed E-state index contributed by atoms with van der Waals surface area (Å²) in [5, 5.41) is 8.89. The molecule has 0 fully saturated rings. The van der Waals surface area contributed by atoms with E-state index in [1.807, 2.05) is 36.2 Å². The van der Waals surface area contributed by atoms with E-state index in [1.165, 1.54) is 6.07 Å². The lowest BCUT2D eigenvalue weighted by Gasteiger charge is -2.20. The van der Waals surface area contributed by atoms with E-state index in [0.717, 1.165) is 11.3 Å². The summed E-state index contributed by atoms with van der Waals surface area (Å²) in [7, 11) is 1.91. The Hall–Kier alpha value is -1.86. The normalized spacial score (nSPS) is 10.0. The first kappa shape index (κ1) is 13.6. The van der Waals surface area contributed by atoms with Gasteiger partial charge in [0.1, 0.15) is 5.82 Å². The maximum Gasteiger partial charge on any atom is 0.137 e. The molecule has 0 aliphatic heterocycles. The molecule has 0 atom stereocenters. The lowest BCUT2D eigenvalue weighted by molar-refractivity contribution is 0.617. The summed E-state index contributed by atoms with van der Waals surface area (Å²) in [5.41, 5.74) is 2.41.